The summed E-state index contributed by atoms with van der Waals surface area (Å²) in [4.78, 5) is 27.7. The zero-order chi connectivity index (χ0) is 22.1. The molecule has 2 aromatic heterocycles. The second-order valence-corrected chi connectivity index (χ2v) is 7.66. The van der Waals surface area contributed by atoms with E-state index >= 15 is 0 Å². The van der Waals surface area contributed by atoms with Crippen LogP contribution in [0.4, 0.5) is 0 Å². The highest BCUT2D eigenvalue weighted by molar-refractivity contribution is 5.82. The number of fused-ring (bicyclic) bond motifs is 1. The number of nitrogens with one attached hydrogen (secondary N) is 1. The second-order valence-electron chi connectivity index (χ2n) is 7.66. The Morgan fingerprint density at radius 3 is 2.45 bits per heavy atom. The highest BCUT2D eigenvalue weighted by Crippen LogP contribution is 2.22. The summed E-state index contributed by atoms with van der Waals surface area (Å²) in [5.74, 6) is 0.818. The third-order valence-corrected chi connectivity index (χ3v) is 5.03. The summed E-state index contributed by atoms with van der Waals surface area (Å²) in [7, 11) is 0. The van der Waals surface area contributed by atoms with Gasteiger partial charge in [-0.15, -0.1) is 4.68 Å². The van der Waals surface area contributed by atoms with Crippen LogP contribution in [-0.2, 0) is 0 Å². The van der Waals surface area contributed by atoms with Crippen molar-refractivity contribution in [3.63, 3.8) is 0 Å². The highest BCUT2D eigenvalue weighted by atomic mass is 16.5. The molecule has 0 unspecified atom stereocenters. The molecule has 158 valence electrons. The first-order valence-corrected chi connectivity index (χ1v) is 10.1. The smallest absolute Gasteiger partial charge is 0.349 e. The number of nitrogens with zero attached hydrogens (tertiary/aromatic N) is 3. The van der Waals surface area contributed by atoms with Crippen molar-refractivity contribution in [2.24, 2.45) is 5.10 Å². The molecule has 2 aromatic carbocycles. The average Bonchev–Trinajstić information content (AvgIpc) is 3.01. The summed E-state index contributed by atoms with van der Waals surface area (Å²) in [6.07, 6.45) is 1.66. The lowest BCUT2D eigenvalue weighted by atomic mass is 10.2. The first-order valence-electron chi connectivity index (χ1n) is 10.1. The van der Waals surface area contributed by atoms with Gasteiger partial charge >= 0.3 is 5.69 Å². The summed E-state index contributed by atoms with van der Waals surface area (Å²) in [6, 6.07) is 16.7. The van der Waals surface area contributed by atoms with Crippen LogP contribution in [0.1, 0.15) is 30.8 Å². The van der Waals surface area contributed by atoms with Gasteiger partial charge in [0.15, 0.2) is 0 Å². The molecule has 4 aromatic rings. The van der Waals surface area contributed by atoms with Crippen molar-refractivity contribution in [2.45, 2.75) is 33.8 Å². The minimum Gasteiger partial charge on any atom is -0.491 e. The maximum absolute atomic E-state index is 12.7. The monoisotopic (exact) mass is 416 g/mol. The number of para-hydroxylation sites is 1. The first-order chi connectivity index (χ1) is 14.8. The Bertz CT molecular complexity index is 1390. The largest absolute Gasteiger partial charge is 0.491 e. The van der Waals surface area contributed by atoms with Crippen molar-refractivity contribution in [1.82, 2.24) is 14.2 Å². The van der Waals surface area contributed by atoms with Gasteiger partial charge < -0.3 is 14.3 Å². The average molecular weight is 416 g/mol. The third kappa shape index (κ3) is 3.94. The standard InChI is InChI=1S/C24H24N4O3/c1-15(2)31-20-11-9-19(10-12-20)27-16(3)13-18(17(27)4)14-25-28-23(29)21-7-5-6-8-22(21)26-24(28)30/h5-15H,1-4H3,(H,26,30). The fourth-order valence-electron chi connectivity index (χ4n) is 3.64. The zero-order valence-corrected chi connectivity index (χ0v) is 17.9. The lowest BCUT2D eigenvalue weighted by Gasteiger charge is -2.13. The molecular formula is C24H24N4O3. The molecule has 31 heavy (non-hydrogen) atoms. The molecule has 0 aliphatic rings. The van der Waals surface area contributed by atoms with Gasteiger partial charge in [-0.25, -0.2) is 4.79 Å². The van der Waals surface area contributed by atoms with E-state index in [-0.39, 0.29) is 6.10 Å². The second kappa shape index (κ2) is 8.10. The van der Waals surface area contributed by atoms with Crippen LogP contribution >= 0.6 is 0 Å². The van der Waals surface area contributed by atoms with Crippen LogP contribution in [-0.4, -0.2) is 26.5 Å². The topological polar surface area (TPSA) is 81.4 Å². The Hall–Kier alpha value is -3.87. The first kappa shape index (κ1) is 20.4. The maximum Gasteiger partial charge on any atom is 0.349 e. The fraction of sp³-hybridized carbons (Fsp3) is 0.208. The molecule has 0 bridgehead atoms. The Kier molecular flexibility index (Phi) is 5.33. The van der Waals surface area contributed by atoms with Gasteiger partial charge in [0.2, 0.25) is 0 Å². The van der Waals surface area contributed by atoms with Crippen molar-refractivity contribution in [1.29, 1.82) is 0 Å². The Labute approximate surface area is 179 Å². The lowest BCUT2D eigenvalue weighted by Crippen LogP contribution is -2.32. The van der Waals surface area contributed by atoms with E-state index in [2.05, 4.69) is 14.7 Å². The van der Waals surface area contributed by atoms with E-state index in [0.717, 1.165) is 33.1 Å². The maximum atomic E-state index is 12.7. The molecule has 0 saturated carbocycles. The number of rotatable bonds is 5. The van der Waals surface area contributed by atoms with Crippen LogP contribution in [0.25, 0.3) is 16.6 Å². The van der Waals surface area contributed by atoms with E-state index in [1.165, 1.54) is 0 Å². The molecule has 0 atom stereocenters. The molecule has 0 radical (unpaired) electrons. The molecule has 7 nitrogen and oxygen atoms in total. The van der Waals surface area contributed by atoms with Gasteiger partial charge in [-0.05, 0) is 70.2 Å². The van der Waals surface area contributed by atoms with Gasteiger partial charge in [0, 0.05) is 22.6 Å². The summed E-state index contributed by atoms with van der Waals surface area (Å²) in [6.45, 7) is 7.95. The molecule has 0 saturated heterocycles. The molecule has 0 fully saturated rings. The summed E-state index contributed by atoms with van der Waals surface area (Å²) in [5.41, 5.74) is 3.23. The Morgan fingerprint density at radius 2 is 1.74 bits per heavy atom. The number of aryl methyl sites for hydroxylation is 1. The number of aromatic amines is 1. The van der Waals surface area contributed by atoms with Gasteiger partial charge in [-0.1, -0.05) is 12.1 Å². The van der Waals surface area contributed by atoms with Crippen LogP contribution in [0, 0.1) is 13.8 Å². The number of hydrogen-bond acceptors (Lipinski definition) is 4. The van der Waals surface area contributed by atoms with Gasteiger partial charge in [0.1, 0.15) is 5.75 Å². The molecule has 0 amide bonds. The van der Waals surface area contributed by atoms with Gasteiger partial charge in [0.05, 0.1) is 23.2 Å². The predicted octanol–water partition coefficient (Wildman–Crippen LogP) is 3.77. The molecule has 0 aliphatic heterocycles. The van der Waals surface area contributed by atoms with Crippen LogP contribution in [0.3, 0.4) is 0 Å². The molecule has 7 heteroatoms. The molecular weight excluding hydrogens is 392 g/mol. The summed E-state index contributed by atoms with van der Waals surface area (Å²) in [5, 5.41) is 4.59. The molecule has 4 rings (SSSR count). The van der Waals surface area contributed by atoms with E-state index in [1.807, 2.05) is 58.0 Å². The quantitative estimate of drug-likeness (QED) is 0.503. The molecule has 2 heterocycles. The van der Waals surface area contributed by atoms with Crippen molar-refractivity contribution in [3.05, 3.63) is 92.4 Å². The van der Waals surface area contributed by atoms with E-state index in [1.54, 1.807) is 30.5 Å². The number of aromatic nitrogens is 3. The summed E-state index contributed by atoms with van der Waals surface area (Å²) >= 11 is 0. The molecule has 1 N–H and O–H groups in total. The molecule has 0 aliphatic carbocycles. The Morgan fingerprint density at radius 1 is 1.03 bits per heavy atom. The zero-order valence-electron chi connectivity index (χ0n) is 17.9. The Balaban J connectivity index is 1.70. The SMILES string of the molecule is Cc1cc(C=Nn2c(=O)[nH]c3ccccc3c2=O)c(C)n1-c1ccc(OC(C)C)cc1. The number of benzene rings is 2. The highest BCUT2D eigenvalue weighted by Gasteiger charge is 2.11. The normalized spacial score (nSPS) is 11.6. The van der Waals surface area contributed by atoms with Gasteiger partial charge in [-0.2, -0.15) is 5.10 Å². The minimum absolute atomic E-state index is 0.116. The van der Waals surface area contributed by atoms with Gasteiger partial charge in [-0.3, -0.25) is 4.79 Å². The minimum atomic E-state index is -0.575. The van der Waals surface area contributed by atoms with Crippen LogP contribution < -0.4 is 16.0 Å². The third-order valence-electron chi connectivity index (χ3n) is 5.03. The van der Waals surface area contributed by atoms with Crippen molar-refractivity contribution < 1.29 is 4.74 Å². The van der Waals surface area contributed by atoms with E-state index in [9.17, 15) is 9.59 Å². The van der Waals surface area contributed by atoms with Crippen molar-refractivity contribution in [3.8, 4) is 11.4 Å². The van der Waals surface area contributed by atoms with E-state index in [0.29, 0.717) is 10.9 Å². The predicted molar refractivity (Wildman–Crippen MR) is 123 cm³/mol. The van der Waals surface area contributed by atoms with Crippen LogP contribution in [0.2, 0.25) is 0 Å². The number of ether oxygens (including phenoxy) is 1. The van der Waals surface area contributed by atoms with Gasteiger partial charge in [0.25, 0.3) is 5.56 Å². The molecule has 0 spiro atoms. The fourth-order valence-corrected chi connectivity index (χ4v) is 3.64. The van der Waals surface area contributed by atoms with Crippen molar-refractivity contribution >= 4 is 17.1 Å². The number of hydrogen-bond donors (Lipinski definition) is 1. The van der Waals surface area contributed by atoms with Crippen LogP contribution in [0.15, 0.2) is 69.3 Å². The van der Waals surface area contributed by atoms with Crippen molar-refractivity contribution in [2.75, 3.05) is 0 Å². The van der Waals surface area contributed by atoms with Crippen LogP contribution in [0.5, 0.6) is 5.75 Å². The number of H-pyrrole nitrogens is 1. The van der Waals surface area contributed by atoms with E-state index < -0.39 is 11.2 Å². The summed E-state index contributed by atoms with van der Waals surface area (Å²) < 4.78 is 8.66. The van der Waals surface area contributed by atoms with E-state index in [4.69, 9.17) is 4.74 Å². The lowest BCUT2D eigenvalue weighted by molar-refractivity contribution is 0.242.